The highest BCUT2D eigenvalue weighted by Crippen LogP contribution is 2.23. The number of fused-ring (bicyclic) bond motifs is 1. The topological polar surface area (TPSA) is 26.3 Å². The smallest absolute Gasteiger partial charge is 0.333 e. The molecule has 0 heterocycles. The number of aryl methyl sites for hydroxylation is 1. The van der Waals surface area contributed by atoms with Gasteiger partial charge in [-0.1, -0.05) is 30.8 Å². The van der Waals surface area contributed by atoms with Crippen molar-refractivity contribution in [2.75, 3.05) is 0 Å². The minimum absolute atomic E-state index is 0.0131. The Balaban J connectivity index is 2.03. The van der Waals surface area contributed by atoms with E-state index in [2.05, 4.69) is 24.8 Å². The zero-order chi connectivity index (χ0) is 11.5. The van der Waals surface area contributed by atoms with E-state index in [0.717, 1.165) is 19.3 Å². The van der Waals surface area contributed by atoms with Gasteiger partial charge in [-0.15, -0.1) is 0 Å². The van der Waals surface area contributed by atoms with Crippen molar-refractivity contribution in [2.45, 2.75) is 32.3 Å². The van der Waals surface area contributed by atoms with Crippen molar-refractivity contribution >= 4 is 5.97 Å². The van der Waals surface area contributed by atoms with Gasteiger partial charge in [0.05, 0.1) is 0 Å². The zero-order valence-corrected chi connectivity index (χ0v) is 9.53. The standard InChI is InChI=1S/C14H16O2/c1-10(2)14(15)16-13-8-7-11-5-3-4-6-12(11)9-13/h3-6,13H,1,7-9H2,2H3. The molecule has 1 aliphatic rings. The summed E-state index contributed by atoms with van der Waals surface area (Å²) in [6.07, 6.45) is 2.74. The first-order valence-electron chi connectivity index (χ1n) is 5.60. The van der Waals surface area contributed by atoms with Crippen LogP contribution in [0.1, 0.15) is 24.5 Å². The van der Waals surface area contributed by atoms with E-state index in [9.17, 15) is 4.79 Å². The van der Waals surface area contributed by atoms with Crippen LogP contribution >= 0.6 is 0 Å². The number of hydrogen-bond acceptors (Lipinski definition) is 2. The second-order valence-electron chi connectivity index (χ2n) is 4.32. The van der Waals surface area contributed by atoms with Crippen LogP contribution in [0.25, 0.3) is 0 Å². The molecule has 1 aromatic carbocycles. The molecule has 0 radical (unpaired) electrons. The molecule has 0 bridgehead atoms. The Kier molecular flexibility index (Phi) is 3.09. The monoisotopic (exact) mass is 216 g/mol. The van der Waals surface area contributed by atoms with Crippen LogP contribution < -0.4 is 0 Å². The van der Waals surface area contributed by atoms with Gasteiger partial charge in [-0.3, -0.25) is 0 Å². The Morgan fingerprint density at radius 1 is 1.38 bits per heavy atom. The lowest BCUT2D eigenvalue weighted by Crippen LogP contribution is -2.25. The zero-order valence-electron chi connectivity index (χ0n) is 9.53. The van der Waals surface area contributed by atoms with Gasteiger partial charge in [0.15, 0.2) is 0 Å². The fourth-order valence-corrected chi connectivity index (χ4v) is 2.02. The van der Waals surface area contributed by atoms with Crippen molar-refractivity contribution in [1.29, 1.82) is 0 Å². The van der Waals surface area contributed by atoms with E-state index in [4.69, 9.17) is 4.74 Å². The van der Waals surface area contributed by atoms with Crippen LogP contribution in [0.2, 0.25) is 0 Å². The number of esters is 1. The quantitative estimate of drug-likeness (QED) is 0.561. The average molecular weight is 216 g/mol. The molecule has 1 aliphatic carbocycles. The molecule has 0 N–H and O–H groups in total. The lowest BCUT2D eigenvalue weighted by atomic mass is 9.90. The molecule has 0 fully saturated rings. The normalized spacial score (nSPS) is 18.7. The predicted molar refractivity (Wildman–Crippen MR) is 63.2 cm³/mol. The largest absolute Gasteiger partial charge is 0.459 e. The van der Waals surface area contributed by atoms with E-state index in [-0.39, 0.29) is 12.1 Å². The van der Waals surface area contributed by atoms with Crippen molar-refractivity contribution in [3.05, 3.63) is 47.5 Å². The summed E-state index contributed by atoms with van der Waals surface area (Å²) in [7, 11) is 0. The molecule has 1 unspecified atom stereocenters. The van der Waals surface area contributed by atoms with E-state index < -0.39 is 0 Å². The van der Waals surface area contributed by atoms with Gasteiger partial charge in [-0.25, -0.2) is 4.79 Å². The molecular weight excluding hydrogens is 200 g/mol. The summed E-state index contributed by atoms with van der Waals surface area (Å²) in [5, 5.41) is 0. The summed E-state index contributed by atoms with van der Waals surface area (Å²) in [5.74, 6) is -0.274. The lowest BCUT2D eigenvalue weighted by molar-refractivity contribution is -0.144. The molecule has 0 aromatic heterocycles. The highest BCUT2D eigenvalue weighted by Gasteiger charge is 2.21. The second-order valence-corrected chi connectivity index (χ2v) is 4.32. The van der Waals surface area contributed by atoms with E-state index in [1.54, 1.807) is 6.92 Å². The third kappa shape index (κ3) is 2.32. The van der Waals surface area contributed by atoms with Gasteiger partial charge in [0, 0.05) is 12.0 Å². The van der Waals surface area contributed by atoms with Crippen molar-refractivity contribution < 1.29 is 9.53 Å². The fourth-order valence-electron chi connectivity index (χ4n) is 2.02. The summed E-state index contributed by atoms with van der Waals surface area (Å²) in [6, 6.07) is 8.34. The minimum atomic E-state index is -0.274. The van der Waals surface area contributed by atoms with Crippen molar-refractivity contribution in [3.8, 4) is 0 Å². The molecule has 16 heavy (non-hydrogen) atoms. The molecule has 1 aromatic rings. The summed E-state index contributed by atoms with van der Waals surface area (Å²) < 4.78 is 5.37. The van der Waals surface area contributed by atoms with E-state index in [0.29, 0.717) is 5.57 Å². The Hall–Kier alpha value is -1.57. The second kappa shape index (κ2) is 4.52. The number of carbonyl (C=O) groups is 1. The maximum Gasteiger partial charge on any atom is 0.333 e. The van der Waals surface area contributed by atoms with Gasteiger partial charge in [-0.05, 0) is 30.9 Å². The SMILES string of the molecule is C=C(C)C(=O)OC1CCc2ccccc2C1. The van der Waals surface area contributed by atoms with E-state index in [1.165, 1.54) is 11.1 Å². The van der Waals surface area contributed by atoms with Gasteiger partial charge in [-0.2, -0.15) is 0 Å². The maximum absolute atomic E-state index is 11.4. The van der Waals surface area contributed by atoms with Gasteiger partial charge in [0.2, 0.25) is 0 Å². The summed E-state index contributed by atoms with van der Waals surface area (Å²) in [5.41, 5.74) is 3.15. The van der Waals surface area contributed by atoms with Crippen molar-refractivity contribution in [2.24, 2.45) is 0 Å². The number of benzene rings is 1. The Morgan fingerprint density at radius 3 is 2.75 bits per heavy atom. The summed E-state index contributed by atoms with van der Waals surface area (Å²) in [6.45, 7) is 5.27. The number of hydrogen-bond donors (Lipinski definition) is 0. The number of carbonyl (C=O) groups excluding carboxylic acids is 1. The maximum atomic E-state index is 11.4. The predicted octanol–water partition coefficient (Wildman–Crippen LogP) is 2.66. The number of ether oxygens (including phenoxy) is 1. The first kappa shape index (κ1) is 10.9. The first-order valence-corrected chi connectivity index (χ1v) is 5.60. The van der Waals surface area contributed by atoms with Gasteiger partial charge >= 0.3 is 5.97 Å². The van der Waals surface area contributed by atoms with Crippen molar-refractivity contribution in [3.63, 3.8) is 0 Å². The summed E-state index contributed by atoms with van der Waals surface area (Å²) >= 11 is 0. The van der Waals surface area contributed by atoms with Gasteiger partial charge < -0.3 is 4.74 Å². The van der Waals surface area contributed by atoms with E-state index in [1.807, 2.05) is 6.07 Å². The molecular formula is C14H16O2. The Morgan fingerprint density at radius 2 is 2.06 bits per heavy atom. The highest BCUT2D eigenvalue weighted by atomic mass is 16.5. The Bertz CT molecular complexity index is 420. The molecule has 2 heteroatoms. The van der Waals surface area contributed by atoms with Crippen molar-refractivity contribution in [1.82, 2.24) is 0 Å². The molecule has 1 atom stereocenters. The highest BCUT2D eigenvalue weighted by molar-refractivity contribution is 5.87. The minimum Gasteiger partial charge on any atom is -0.459 e. The molecule has 0 spiro atoms. The molecule has 2 nitrogen and oxygen atoms in total. The molecule has 84 valence electrons. The van der Waals surface area contributed by atoms with Crippen LogP contribution in [0, 0.1) is 0 Å². The van der Waals surface area contributed by atoms with Crippen LogP contribution in [-0.4, -0.2) is 12.1 Å². The molecule has 0 aliphatic heterocycles. The van der Waals surface area contributed by atoms with Gasteiger partial charge in [0.25, 0.3) is 0 Å². The third-order valence-electron chi connectivity index (χ3n) is 2.92. The number of rotatable bonds is 2. The third-order valence-corrected chi connectivity index (χ3v) is 2.92. The Labute approximate surface area is 95.9 Å². The summed E-state index contributed by atoms with van der Waals surface area (Å²) in [4.78, 5) is 11.4. The van der Waals surface area contributed by atoms with E-state index >= 15 is 0 Å². The van der Waals surface area contributed by atoms with Crippen LogP contribution in [0.3, 0.4) is 0 Å². The molecule has 0 amide bonds. The first-order chi connectivity index (χ1) is 7.66. The van der Waals surface area contributed by atoms with Crippen LogP contribution in [0.4, 0.5) is 0 Å². The van der Waals surface area contributed by atoms with Crippen LogP contribution in [0.5, 0.6) is 0 Å². The van der Waals surface area contributed by atoms with Crippen LogP contribution in [-0.2, 0) is 22.4 Å². The van der Waals surface area contributed by atoms with Crippen LogP contribution in [0.15, 0.2) is 36.4 Å². The van der Waals surface area contributed by atoms with Gasteiger partial charge in [0.1, 0.15) is 6.10 Å². The molecule has 0 saturated carbocycles. The fraction of sp³-hybridized carbons (Fsp3) is 0.357. The molecule has 2 rings (SSSR count). The molecule has 0 saturated heterocycles. The lowest BCUT2D eigenvalue weighted by Gasteiger charge is -2.24. The average Bonchev–Trinajstić information content (AvgIpc) is 2.28.